The Morgan fingerprint density at radius 3 is 2.38 bits per heavy atom. The molecule has 0 fully saturated rings. The van der Waals surface area contributed by atoms with Crippen molar-refractivity contribution in [1.82, 2.24) is 4.57 Å². The first-order valence-electron chi connectivity index (χ1n) is 8.51. The molecule has 0 unspecified atom stereocenters. The lowest BCUT2D eigenvalue weighted by Crippen LogP contribution is -2.18. The van der Waals surface area contributed by atoms with E-state index in [1.165, 1.54) is 7.11 Å². The molecule has 0 N–H and O–H groups in total. The number of carbonyl (C=O) groups excluding carboxylic acids is 1. The van der Waals surface area contributed by atoms with Crippen LogP contribution in [0.1, 0.15) is 22.8 Å². The molecule has 6 heteroatoms. The molecule has 4 rings (SSSR count). The number of rotatable bonds is 4. The largest absolute Gasteiger partial charge is 0.493 e. The second-order valence-corrected chi connectivity index (χ2v) is 6.21. The molecule has 26 heavy (non-hydrogen) atoms. The summed E-state index contributed by atoms with van der Waals surface area (Å²) >= 11 is 0. The van der Waals surface area contributed by atoms with Gasteiger partial charge in [-0.2, -0.15) is 0 Å². The molecule has 0 spiro atoms. The van der Waals surface area contributed by atoms with Crippen molar-refractivity contribution in [3.05, 3.63) is 45.7 Å². The second-order valence-electron chi connectivity index (χ2n) is 6.21. The number of hydrogen-bond donors (Lipinski definition) is 0. The van der Waals surface area contributed by atoms with Crippen molar-refractivity contribution >= 4 is 27.6 Å². The van der Waals surface area contributed by atoms with Crippen LogP contribution >= 0.6 is 0 Å². The second kappa shape index (κ2) is 6.05. The number of methoxy groups -OCH3 is 2. The standard InChI is InChI=1S/C20H19NO5/c1-4-26-20(23)12-7-11-5-6-21-18(11)14(8-12)13-9-16(24-2)17(25-3)10-15(13)19(21)22/h7-10H,4-6H2,1-3H3. The fourth-order valence-corrected chi connectivity index (χ4v) is 3.71. The van der Waals surface area contributed by atoms with Gasteiger partial charge in [0.25, 0.3) is 5.56 Å². The van der Waals surface area contributed by atoms with E-state index >= 15 is 0 Å². The van der Waals surface area contributed by atoms with Gasteiger partial charge in [0.05, 0.1) is 37.3 Å². The van der Waals surface area contributed by atoms with Crippen molar-refractivity contribution < 1.29 is 19.0 Å². The summed E-state index contributed by atoms with van der Waals surface area (Å²) in [7, 11) is 3.10. The molecule has 0 amide bonds. The molecule has 0 saturated heterocycles. The van der Waals surface area contributed by atoms with E-state index in [1.54, 1.807) is 36.8 Å². The summed E-state index contributed by atoms with van der Waals surface area (Å²) in [5.74, 6) is 0.689. The quantitative estimate of drug-likeness (QED) is 0.533. The number of benzene rings is 2. The molecule has 0 aliphatic carbocycles. The monoisotopic (exact) mass is 353 g/mol. The molecule has 2 heterocycles. The summed E-state index contributed by atoms with van der Waals surface area (Å²) < 4.78 is 17.7. The topological polar surface area (TPSA) is 66.8 Å². The van der Waals surface area contributed by atoms with Crippen molar-refractivity contribution in [2.45, 2.75) is 19.9 Å². The fourth-order valence-electron chi connectivity index (χ4n) is 3.71. The SMILES string of the molecule is CCOC(=O)c1cc2c3c(c1)c1cc(OC)c(OC)cc1c(=O)n3CC2. The van der Waals surface area contributed by atoms with Gasteiger partial charge in [0.1, 0.15) is 0 Å². The number of carbonyl (C=O) groups is 1. The van der Waals surface area contributed by atoms with Crippen LogP contribution in [0.2, 0.25) is 0 Å². The molecule has 3 aromatic rings. The number of aromatic nitrogens is 1. The van der Waals surface area contributed by atoms with Crippen LogP contribution < -0.4 is 15.0 Å². The highest BCUT2D eigenvalue weighted by molar-refractivity contribution is 6.10. The molecule has 1 aliphatic rings. The summed E-state index contributed by atoms with van der Waals surface area (Å²) in [5, 5.41) is 2.14. The molecule has 2 aromatic carbocycles. The molecule has 0 radical (unpaired) electrons. The van der Waals surface area contributed by atoms with Crippen LogP contribution in [0.15, 0.2) is 29.1 Å². The Morgan fingerprint density at radius 2 is 1.73 bits per heavy atom. The molecule has 0 atom stereocenters. The average molecular weight is 353 g/mol. The summed E-state index contributed by atoms with van der Waals surface area (Å²) in [5.41, 5.74) is 2.30. The minimum atomic E-state index is -0.357. The first kappa shape index (κ1) is 16.4. The number of pyridine rings is 1. The first-order chi connectivity index (χ1) is 12.6. The Hall–Kier alpha value is -3.02. The van der Waals surface area contributed by atoms with Crippen LogP contribution in [0.25, 0.3) is 21.7 Å². The normalized spacial score (nSPS) is 12.6. The summed E-state index contributed by atoms with van der Waals surface area (Å²) in [6.07, 6.45) is 0.712. The van der Waals surface area contributed by atoms with Crippen molar-refractivity contribution in [2.24, 2.45) is 0 Å². The maximum atomic E-state index is 13.0. The van der Waals surface area contributed by atoms with E-state index in [0.29, 0.717) is 42.0 Å². The van der Waals surface area contributed by atoms with E-state index in [1.807, 2.05) is 6.07 Å². The van der Waals surface area contributed by atoms with Gasteiger partial charge in [-0.15, -0.1) is 0 Å². The van der Waals surface area contributed by atoms with Gasteiger partial charge in [-0.05, 0) is 43.2 Å². The Morgan fingerprint density at radius 1 is 1.04 bits per heavy atom. The summed E-state index contributed by atoms with van der Waals surface area (Å²) in [6.45, 7) is 2.70. The molecule has 6 nitrogen and oxygen atoms in total. The Labute approximate surface area is 149 Å². The van der Waals surface area contributed by atoms with E-state index in [9.17, 15) is 9.59 Å². The van der Waals surface area contributed by atoms with Crippen LogP contribution in [0.5, 0.6) is 11.5 Å². The van der Waals surface area contributed by atoms with Gasteiger partial charge in [0, 0.05) is 17.3 Å². The molecule has 0 saturated carbocycles. The van der Waals surface area contributed by atoms with Gasteiger partial charge in [-0.1, -0.05) is 0 Å². The molecular weight excluding hydrogens is 334 g/mol. The maximum absolute atomic E-state index is 13.0. The molecule has 134 valence electrons. The highest BCUT2D eigenvalue weighted by Crippen LogP contribution is 2.37. The fraction of sp³-hybridized carbons (Fsp3) is 0.300. The van der Waals surface area contributed by atoms with Crippen LogP contribution in [0, 0.1) is 0 Å². The van der Waals surface area contributed by atoms with Crippen LogP contribution in [-0.4, -0.2) is 31.4 Å². The third kappa shape index (κ3) is 2.25. The Bertz CT molecular complexity index is 1110. The van der Waals surface area contributed by atoms with Gasteiger partial charge < -0.3 is 18.8 Å². The van der Waals surface area contributed by atoms with E-state index in [-0.39, 0.29) is 11.5 Å². The van der Waals surface area contributed by atoms with E-state index in [4.69, 9.17) is 14.2 Å². The molecular formula is C20H19NO5. The maximum Gasteiger partial charge on any atom is 0.338 e. The van der Waals surface area contributed by atoms with Crippen molar-refractivity contribution in [2.75, 3.05) is 20.8 Å². The average Bonchev–Trinajstić information content (AvgIpc) is 3.09. The Kier molecular flexibility index (Phi) is 3.83. The van der Waals surface area contributed by atoms with Gasteiger partial charge in [0.15, 0.2) is 11.5 Å². The van der Waals surface area contributed by atoms with Gasteiger partial charge in [-0.3, -0.25) is 4.79 Å². The third-order valence-electron chi connectivity index (χ3n) is 4.86. The highest BCUT2D eigenvalue weighted by Gasteiger charge is 2.23. The zero-order valence-electron chi connectivity index (χ0n) is 14.9. The van der Waals surface area contributed by atoms with Crippen molar-refractivity contribution in [1.29, 1.82) is 0 Å². The highest BCUT2D eigenvalue weighted by atomic mass is 16.5. The molecule has 0 bridgehead atoms. The van der Waals surface area contributed by atoms with Crippen molar-refractivity contribution in [3.8, 4) is 11.5 Å². The lowest BCUT2D eigenvalue weighted by molar-refractivity contribution is 0.0526. The smallest absolute Gasteiger partial charge is 0.338 e. The summed E-state index contributed by atoms with van der Waals surface area (Å²) in [6, 6.07) is 7.13. The third-order valence-corrected chi connectivity index (χ3v) is 4.86. The molecule has 1 aromatic heterocycles. The Balaban J connectivity index is 2.14. The number of aryl methyl sites for hydroxylation is 2. The lowest BCUT2D eigenvalue weighted by atomic mass is 10.00. The predicted molar refractivity (Wildman–Crippen MR) is 98.5 cm³/mol. The summed E-state index contributed by atoms with van der Waals surface area (Å²) in [4.78, 5) is 25.2. The molecule has 1 aliphatic heterocycles. The number of hydrogen-bond acceptors (Lipinski definition) is 5. The zero-order valence-corrected chi connectivity index (χ0v) is 14.9. The predicted octanol–water partition coefficient (Wildman–Crippen LogP) is 2.90. The van der Waals surface area contributed by atoms with Crippen LogP contribution in [-0.2, 0) is 17.7 Å². The number of fused-ring (bicyclic) bond motifs is 2. The van der Waals surface area contributed by atoms with E-state index in [2.05, 4.69) is 0 Å². The van der Waals surface area contributed by atoms with Crippen molar-refractivity contribution in [3.63, 3.8) is 0 Å². The minimum absolute atomic E-state index is 0.0592. The lowest BCUT2D eigenvalue weighted by Gasteiger charge is -2.13. The minimum Gasteiger partial charge on any atom is -0.493 e. The number of esters is 1. The van der Waals surface area contributed by atoms with E-state index < -0.39 is 0 Å². The van der Waals surface area contributed by atoms with Gasteiger partial charge in [-0.25, -0.2) is 4.79 Å². The van der Waals surface area contributed by atoms with Crippen LogP contribution in [0.3, 0.4) is 0 Å². The van der Waals surface area contributed by atoms with Gasteiger partial charge in [0.2, 0.25) is 0 Å². The zero-order chi connectivity index (χ0) is 18.4. The first-order valence-corrected chi connectivity index (χ1v) is 8.51. The number of nitrogens with zero attached hydrogens (tertiary/aromatic N) is 1. The number of ether oxygens (including phenoxy) is 3. The van der Waals surface area contributed by atoms with Gasteiger partial charge >= 0.3 is 5.97 Å². The van der Waals surface area contributed by atoms with Crippen LogP contribution in [0.4, 0.5) is 0 Å². The van der Waals surface area contributed by atoms with E-state index in [0.717, 1.165) is 21.9 Å².